The number of hydrogen-bond acceptors (Lipinski definition) is 4. The minimum atomic E-state index is -0.823. The van der Waals surface area contributed by atoms with E-state index in [-0.39, 0.29) is 17.8 Å². The third-order valence-electron chi connectivity index (χ3n) is 2.57. The third kappa shape index (κ3) is 4.91. The summed E-state index contributed by atoms with van der Waals surface area (Å²) < 4.78 is 10.3. The fourth-order valence-electron chi connectivity index (χ4n) is 1.41. The van der Waals surface area contributed by atoms with Crippen LogP contribution in [0.2, 0.25) is 0 Å². The number of benzene rings is 1. The summed E-state index contributed by atoms with van der Waals surface area (Å²) in [6.45, 7) is 7.48. The van der Waals surface area contributed by atoms with Gasteiger partial charge in [-0.3, -0.25) is 9.59 Å². The summed E-state index contributed by atoms with van der Waals surface area (Å²) >= 11 is 0. The zero-order valence-corrected chi connectivity index (χ0v) is 12.3. The highest BCUT2D eigenvalue weighted by molar-refractivity contribution is 5.95. The fraction of sp³-hybridized carbons (Fsp3) is 0.467. The van der Waals surface area contributed by atoms with Gasteiger partial charge in [0.15, 0.2) is 6.10 Å². The van der Waals surface area contributed by atoms with Crippen molar-refractivity contribution >= 4 is 17.6 Å². The van der Waals surface area contributed by atoms with Gasteiger partial charge in [0.05, 0.1) is 12.5 Å². The van der Waals surface area contributed by atoms with Crippen molar-refractivity contribution in [1.82, 2.24) is 0 Å². The molecule has 0 aliphatic carbocycles. The molecule has 0 aliphatic rings. The predicted octanol–water partition coefficient (Wildman–Crippen LogP) is 2.61. The van der Waals surface area contributed by atoms with Gasteiger partial charge >= 0.3 is 5.97 Å². The van der Waals surface area contributed by atoms with E-state index >= 15 is 0 Å². The Bertz CT molecular complexity index is 453. The largest absolute Gasteiger partial charge is 0.494 e. The highest BCUT2D eigenvalue weighted by Gasteiger charge is 2.19. The van der Waals surface area contributed by atoms with Crippen molar-refractivity contribution in [3.8, 4) is 5.75 Å². The second-order valence-corrected chi connectivity index (χ2v) is 4.68. The molecule has 1 aromatic carbocycles. The normalized spacial score (nSPS) is 11.8. The topological polar surface area (TPSA) is 64.6 Å². The van der Waals surface area contributed by atoms with Crippen LogP contribution in [-0.4, -0.2) is 24.6 Å². The van der Waals surface area contributed by atoms with Crippen LogP contribution in [0.3, 0.4) is 0 Å². The highest BCUT2D eigenvalue weighted by atomic mass is 16.5. The van der Waals surface area contributed by atoms with E-state index in [0.717, 1.165) is 5.75 Å². The van der Waals surface area contributed by atoms with Gasteiger partial charge < -0.3 is 14.8 Å². The molecular weight excluding hydrogens is 258 g/mol. The van der Waals surface area contributed by atoms with E-state index in [1.165, 1.54) is 0 Å². The standard InChI is InChI=1S/C15H21NO4/c1-5-19-13-8-6-12(7-9-13)16-14(17)11(4)20-15(18)10(2)3/h6-11H,5H2,1-4H3,(H,16,17). The number of ether oxygens (including phenoxy) is 2. The first kappa shape index (κ1) is 16.0. The molecule has 1 amide bonds. The monoisotopic (exact) mass is 279 g/mol. The van der Waals surface area contributed by atoms with Crippen LogP contribution in [0.5, 0.6) is 5.75 Å². The van der Waals surface area contributed by atoms with E-state index in [9.17, 15) is 9.59 Å². The lowest BCUT2D eigenvalue weighted by Crippen LogP contribution is -2.31. The average Bonchev–Trinajstić information content (AvgIpc) is 2.41. The van der Waals surface area contributed by atoms with Gasteiger partial charge in [-0.2, -0.15) is 0 Å². The van der Waals surface area contributed by atoms with Crippen LogP contribution in [0.15, 0.2) is 24.3 Å². The molecule has 110 valence electrons. The Morgan fingerprint density at radius 3 is 2.25 bits per heavy atom. The van der Waals surface area contributed by atoms with Gasteiger partial charge in [0.2, 0.25) is 0 Å². The van der Waals surface area contributed by atoms with E-state index < -0.39 is 6.10 Å². The molecule has 1 aromatic rings. The number of amides is 1. The summed E-state index contributed by atoms with van der Waals surface area (Å²) in [5.41, 5.74) is 0.630. The summed E-state index contributed by atoms with van der Waals surface area (Å²) in [5.74, 6) is -0.261. The molecule has 0 spiro atoms. The van der Waals surface area contributed by atoms with Gasteiger partial charge in [0.1, 0.15) is 5.75 Å². The van der Waals surface area contributed by atoms with E-state index in [1.54, 1.807) is 45.0 Å². The van der Waals surface area contributed by atoms with Gasteiger partial charge in [-0.1, -0.05) is 13.8 Å². The number of hydrogen-bond donors (Lipinski definition) is 1. The van der Waals surface area contributed by atoms with Crippen molar-refractivity contribution in [1.29, 1.82) is 0 Å². The van der Waals surface area contributed by atoms with Crippen LogP contribution in [0.25, 0.3) is 0 Å². The number of anilines is 1. The van der Waals surface area contributed by atoms with Gasteiger partial charge in [-0.25, -0.2) is 0 Å². The quantitative estimate of drug-likeness (QED) is 0.813. The molecule has 0 saturated carbocycles. The van der Waals surface area contributed by atoms with Gasteiger partial charge in [0, 0.05) is 5.69 Å². The average molecular weight is 279 g/mol. The first-order valence-electron chi connectivity index (χ1n) is 6.68. The zero-order valence-electron chi connectivity index (χ0n) is 12.3. The lowest BCUT2D eigenvalue weighted by Gasteiger charge is -2.15. The molecule has 1 unspecified atom stereocenters. The van der Waals surface area contributed by atoms with E-state index in [4.69, 9.17) is 9.47 Å². The molecule has 0 aromatic heterocycles. The molecule has 0 fully saturated rings. The lowest BCUT2D eigenvalue weighted by molar-refractivity contribution is -0.156. The maximum atomic E-state index is 11.9. The summed E-state index contributed by atoms with van der Waals surface area (Å²) in [6.07, 6.45) is -0.823. The SMILES string of the molecule is CCOc1ccc(NC(=O)C(C)OC(=O)C(C)C)cc1. The van der Waals surface area contributed by atoms with Gasteiger partial charge in [-0.05, 0) is 38.1 Å². The Balaban J connectivity index is 2.54. The number of esters is 1. The number of nitrogens with one attached hydrogen (secondary N) is 1. The molecular formula is C15H21NO4. The smallest absolute Gasteiger partial charge is 0.309 e. The molecule has 5 heteroatoms. The summed E-state index contributed by atoms with van der Waals surface area (Å²) in [7, 11) is 0. The van der Waals surface area contributed by atoms with Crippen LogP contribution >= 0.6 is 0 Å². The van der Waals surface area contributed by atoms with E-state index in [0.29, 0.717) is 12.3 Å². The maximum Gasteiger partial charge on any atom is 0.309 e. The maximum absolute atomic E-state index is 11.9. The van der Waals surface area contributed by atoms with Crippen molar-refractivity contribution in [2.75, 3.05) is 11.9 Å². The molecule has 0 bridgehead atoms. The van der Waals surface area contributed by atoms with Crippen LogP contribution in [0.4, 0.5) is 5.69 Å². The molecule has 5 nitrogen and oxygen atoms in total. The fourth-order valence-corrected chi connectivity index (χ4v) is 1.41. The first-order chi connectivity index (χ1) is 9.43. The number of rotatable bonds is 6. The third-order valence-corrected chi connectivity index (χ3v) is 2.57. The van der Waals surface area contributed by atoms with Crippen LogP contribution in [-0.2, 0) is 14.3 Å². The summed E-state index contributed by atoms with van der Waals surface area (Å²) in [4.78, 5) is 23.3. The highest BCUT2D eigenvalue weighted by Crippen LogP contribution is 2.16. The Kier molecular flexibility index (Phi) is 6.03. The van der Waals surface area contributed by atoms with Crippen LogP contribution in [0.1, 0.15) is 27.7 Å². The second kappa shape index (κ2) is 7.53. The zero-order chi connectivity index (χ0) is 15.1. The molecule has 20 heavy (non-hydrogen) atoms. The molecule has 1 atom stereocenters. The van der Waals surface area contributed by atoms with Gasteiger partial charge in [-0.15, -0.1) is 0 Å². The lowest BCUT2D eigenvalue weighted by atomic mass is 10.2. The molecule has 1 rings (SSSR count). The van der Waals surface area contributed by atoms with E-state index in [1.807, 2.05) is 6.92 Å². The molecule has 0 radical (unpaired) electrons. The second-order valence-electron chi connectivity index (χ2n) is 4.68. The summed E-state index contributed by atoms with van der Waals surface area (Å²) in [5, 5.41) is 2.68. The molecule has 1 N–H and O–H groups in total. The minimum Gasteiger partial charge on any atom is -0.494 e. The van der Waals surface area contributed by atoms with Crippen LogP contribution in [0, 0.1) is 5.92 Å². The number of carbonyl (C=O) groups excluding carboxylic acids is 2. The molecule has 0 aliphatic heterocycles. The first-order valence-corrected chi connectivity index (χ1v) is 6.68. The van der Waals surface area contributed by atoms with E-state index in [2.05, 4.69) is 5.32 Å². The van der Waals surface area contributed by atoms with Crippen molar-refractivity contribution < 1.29 is 19.1 Å². The Labute approximate surface area is 119 Å². The van der Waals surface area contributed by atoms with Crippen molar-refractivity contribution in [3.63, 3.8) is 0 Å². The molecule has 0 heterocycles. The Morgan fingerprint density at radius 2 is 1.75 bits per heavy atom. The Morgan fingerprint density at radius 1 is 1.15 bits per heavy atom. The minimum absolute atomic E-state index is 0.254. The summed E-state index contributed by atoms with van der Waals surface area (Å²) in [6, 6.07) is 7.01. The van der Waals surface area contributed by atoms with Crippen molar-refractivity contribution in [2.24, 2.45) is 5.92 Å². The van der Waals surface area contributed by atoms with Crippen molar-refractivity contribution in [2.45, 2.75) is 33.8 Å². The van der Waals surface area contributed by atoms with Gasteiger partial charge in [0.25, 0.3) is 5.91 Å². The predicted molar refractivity (Wildman–Crippen MR) is 76.6 cm³/mol. The number of carbonyl (C=O) groups is 2. The van der Waals surface area contributed by atoms with Crippen LogP contribution < -0.4 is 10.1 Å². The molecule has 0 saturated heterocycles. The van der Waals surface area contributed by atoms with Crippen molar-refractivity contribution in [3.05, 3.63) is 24.3 Å². The Hall–Kier alpha value is -2.04.